The van der Waals surface area contributed by atoms with Crippen LogP contribution in [0.3, 0.4) is 0 Å². The Hall–Kier alpha value is -4.89. The van der Waals surface area contributed by atoms with E-state index in [0.29, 0.717) is 34.1 Å². The molecule has 14 nitrogen and oxygen atoms in total. The summed E-state index contributed by atoms with van der Waals surface area (Å²) >= 11 is 6.07. The number of hydrogen-bond acceptors (Lipinski definition) is 11. The molecule has 1 amide bonds. The summed E-state index contributed by atoms with van der Waals surface area (Å²) in [7, 11) is 1.46. The monoisotopic (exact) mass is 602 g/mol. The van der Waals surface area contributed by atoms with Crippen molar-refractivity contribution >= 4 is 41.2 Å². The number of halogens is 2. The fourth-order valence-corrected chi connectivity index (χ4v) is 4.07. The average Bonchev–Trinajstić information content (AvgIpc) is 3.68. The van der Waals surface area contributed by atoms with Crippen LogP contribution >= 0.6 is 11.6 Å². The summed E-state index contributed by atoms with van der Waals surface area (Å²) in [6.45, 7) is -2.98. The van der Waals surface area contributed by atoms with E-state index >= 15 is 0 Å². The number of pyridine rings is 1. The first kappa shape index (κ1) is 26.0. The van der Waals surface area contributed by atoms with E-state index in [0.717, 1.165) is 18.9 Å². The summed E-state index contributed by atoms with van der Waals surface area (Å²) in [5, 5.41) is 23.9. The molecule has 5 rings (SSSR count). The number of amides is 1. The highest BCUT2D eigenvalue weighted by atomic mass is 35.5. The zero-order valence-corrected chi connectivity index (χ0v) is 22.8. The van der Waals surface area contributed by atoms with Gasteiger partial charge in [0.25, 0.3) is 12.4 Å². The molecule has 3 aromatic heterocycles. The minimum Gasteiger partial charge on any atom is -0.494 e. The highest BCUT2D eigenvalue weighted by Crippen LogP contribution is 2.40. The number of carbonyl (C=O) groups excluding carboxylic acids is 1. The van der Waals surface area contributed by atoms with Crippen molar-refractivity contribution in [2.24, 2.45) is 0 Å². The van der Waals surface area contributed by atoms with Crippen molar-refractivity contribution in [2.45, 2.75) is 32.1 Å². The van der Waals surface area contributed by atoms with Crippen LogP contribution in [0.4, 0.5) is 21.6 Å². The van der Waals surface area contributed by atoms with E-state index in [1.807, 2.05) is 5.32 Å². The van der Waals surface area contributed by atoms with Gasteiger partial charge >= 0.3 is 0 Å². The topological polar surface area (TPSA) is 192 Å². The first-order chi connectivity index (χ1) is 21.4. The number of benzene rings is 1. The Morgan fingerprint density at radius 2 is 2.05 bits per heavy atom. The maximum absolute atomic E-state index is 13.7. The molecule has 1 aliphatic carbocycles. The normalized spacial score (nSPS) is 13.5. The Balaban J connectivity index is 0.00000148. The molecule has 42 heavy (non-hydrogen) atoms. The smallest absolute Gasteiger partial charge is 0.290 e. The zero-order chi connectivity index (χ0) is 32.7. The van der Waals surface area contributed by atoms with Crippen LogP contribution in [-0.2, 0) is 22.7 Å². The zero-order valence-electron chi connectivity index (χ0n) is 25.0. The molecule has 0 spiro atoms. The van der Waals surface area contributed by atoms with Crippen LogP contribution in [0, 0.1) is 5.82 Å². The van der Waals surface area contributed by atoms with Crippen LogP contribution in [0.15, 0.2) is 36.7 Å². The molecule has 4 aromatic rings. The SMILES string of the molecule is O=CO.[2H]C([2H])([2H])NC(=O)c1nnc(Cl)cc1Nc1cc(COCc2cc(F)cc(N)n2)cc(-c2ncn(C3CC3)n2)c1OC. The van der Waals surface area contributed by atoms with Crippen molar-refractivity contribution in [3.63, 3.8) is 0 Å². The van der Waals surface area contributed by atoms with E-state index in [1.165, 1.54) is 19.2 Å². The summed E-state index contributed by atoms with van der Waals surface area (Å²) < 4.78 is 49.2. The predicted molar refractivity (Wildman–Crippen MR) is 150 cm³/mol. The lowest BCUT2D eigenvalue weighted by Crippen LogP contribution is -2.21. The maximum Gasteiger partial charge on any atom is 0.290 e. The molecule has 0 unspecified atom stereocenters. The van der Waals surface area contributed by atoms with Crippen molar-refractivity contribution < 1.29 is 32.7 Å². The molecule has 16 heteroatoms. The average molecular weight is 603 g/mol. The first-order valence-corrected chi connectivity index (χ1v) is 12.6. The maximum atomic E-state index is 13.7. The minimum atomic E-state index is -2.76. The van der Waals surface area contributed by atoms with Gasteiger partial charge in [0.1, 0.15) is 18.0 Å². The third-order valence-corrected chi connectivity index (χ3v) is 5.95. The number of nitrogens with zero attached hydrogens (tertiary/aromatic N) is 6. The Kier molecular flexibility index (Phi) is 8.46. The fraction of sp³-hybridized carbons (Fsp3) is 0.269. The van der Waals surface area contributed by atoms with E-state index < -0.39 is 18.7 Å². The predicted octanol–water partition coefficient (Wildman–Crippen LogP) is 3.37. The molecule has 0 radical (unpaired) electrons. The van der Waals surface area contributed by atoms with E-state index in [1.54, 1.807) is 23.1 Å². The number of carboxylic acid groups (broad SMARTS) is 1. The third kappa shape index (κ3) is 7.44. The van der Waals surface area contributed by atoms with Gasteiger partial charge in [0.05, 0.1) is 49.0 Å². The van der Waals surface area contributed by atoms with Crippen molar-refractivity contribution in [2.75, 3.05) is 25.1 Å². The van der Waals surface area contributed by atoms with Crippen molar-refractivity contribution in [1.29, 1.82) is 0 Å². The molecule has 220 valence electrons. The lowest BCUT2D eigenvalue weighted by Gasteiger charge is -2.17. The number of anilines is 3. The van der Waals surface area contributed by atoms with Gasteiger partial charge in [-0.3, -0.25) is 9.59 Å². The summed E-state index contributed by atoms with van der Waals surface area (Å²) in [6.07, 6.45) is 3.67. The van der Waals surface area contributed by atoms with Crippen LogP contribution in [0.2, 0.25) is 5.15 Å². The molecule has 0 aliphatic heterocycles. The quantitative estimate of drug-likeness (QED) is 0.194. The van der Waals surface area contributed by atoms with Gasteiger partial charge in [-0.1, -0.05) is 11.6 Å². The van der Waals surface area contributed by atoms with Gasteiger partial charge in [-0.05, 0) is 36.6 Å². The van der Waals surface area contributed by atoms with Gasteiger partial charge in [0.15, 0.2) is 22.4 Å². The third-order valence-electron chi connectivity index (χ3n) is 5.77. The lowest BCUT2D eigenvalue weighted by atomic mass is 10.1. The molecule has 0 saturated heterocycles. The van der Waals surface area contributed by atoms with Gasteiger partial charge in [-0.25, -0.2) is 19.0 Å². The molecule has 0 bridgehead atoms. The van der Waals surface area contributed by atoms with Crippen molar-refractivity contribution in [3.8, 4) is 17.1 Å². The number of nitrogens with one attached hydrogen (secondary N) is 2. The Bertz CT molecular complexity index is 1670. The standard InChI is InChI=1S/C25H25ClFN9O3.CH2O2/c1-29-25(37)22-18(9-20(26)33-34-22)32-19-6-13(10-39-11-15-7-14(27)8-21(28)31-15)5-17(23(19)38-2)24-30-12-36(35-24)16-3-4-16;2-1-3/h5-9,12,16H,3-4,10-11H2,1-2H3,(H2,28,31)(H,29,37)(H,32,33);1H,(H,2,3)/i1D3;. The number of ether oxygens (including phenoxy) is 2. The highest BCUT2D eigenvalue weighted by Gasteiger charge is 2.26. The highest BCUT2D eigenvalue weighted by molar-refractivity contribution is 6.29. The van der Waals surface area contributed by atoms with Crippen molar-refractivity contribution in [1.82, 2.24) is 35.3 Å². The number of nitrogens with two attached hydrogens (primary N) is 1. The van der Waals surface area contributed by atoms with Crippen LogP contribution in [0.25, 0.3) is 11.4 Å². The second-order valence-corrected chi connectivity index (χ2v) is 9.20. The number of nitrogen functional groups attached to an aromatic ring is 1. The Morgan fingerprint density at radius 3 is 2.74 bits per heavy atom. The molecule has 1 aromatic carbocycles. The van der Waals surface area contributed by atoms with Gasteiger partial charge in [0.2, 0.25) is 0 Å². The van der Waals surface area contributed by atoms with Crippen molar-refractivity contribution in [3.05, 3.63) is 64.6 Å². The van der Waals surface area contributed by atoms with Crippen LogP contribution in [0.1, 0.15) is 44.7 Å². The number of aromatic nitrogens is 6. The van der Waals surface area contributed by atoms with Gasteiger partial charge in [-0.2, -0.15) is 5.10 Å². The van der Waals surface area contributed by atoms with Crippen LogP contribution in [0.5, 0.6) is 5.75 Å². The molecule has 0 atom stereocenters. The summed E-state index contributed by atoms with van der Waals surface area (Å²) in [5.41, 5.74) is 7.18. The van der Waals surface area contributed by atoms with Gasteiger partial charge in [-0.15, -0.1) is 10.2 Å². The molecule has 1 aliphatic rings. The number of hydrogen-bond donors (Lipinski definition) is 4. The minimum absolute atomic E-state index is 0.0238. The summed E-state index contributed by atoms with van der Waals surface area (Å²) in [5.74, 6) is -0.782. The van der Waals surface area contributed by atoms with E-state index in [4.69, 9.17) is 40.8 Å². The fourth-order valence-electron chi connectivity index (χ4n) is 3.92. The van der Waals surface area contributed by atoms with E-state index in [2.05, 4.69) is 30.6 Å². The summed E-state index contributed by atoms with van der Waals surface area (Å²) in [4.78, 5) is 29.6. The molecule has 1 saturated carbocycles. The second kappa shape index (κ2) is 13.6. The van der Waals surface area contributed by atoms with Gasteiger partial charge < -0.3 is 30.9 Å². The Morgan fingerprint density at radius 1 is 1.26 bits per heavy atom. The van der Waals surface area contributed by atoms with Gasteiger partial charge in [0, 0.05) is 23.2 Å². The second-order valence-electron chi connectivity index (χ2n) is 8.81. The molecule has 5 N–H and O–H groups in total. The molecular formula is C26H27ClFN9O5. The lowest BCUT2D eigenvalue weighted by molar-refractivity contribution is -0.122. The number of rotatable bonds is 10. The van der Waals surface area contributed by atoms with Crippen LogP contribution in [-0.4, -0.2) is 61.5 Å². The number of carbonyl (C=O) groups is 2. The number of methoxy groups -OCH3 is 1. The van der Waals surface area contributed by atoms with Crippen LogP contribution < -0.4 is 21.1 Å². The molecule has 1 fully saturated rings. The summed E-state index contributed by atoms with van der Waals surface area (Å²) in [6, 6.07) is 7.42. The largest absolute Gasteiger partial charge is 0.494 e. The van der Waals surface area contributed by atoms with E-state index in [-0.39, 0.29) is 48.1 Å². The molecular weight excluding hydrogens is 573 g/mol. The first-order valence-electron chi connectivity index (χ1n) is 13.7. The molecule has 3 heterocycles. The van der Waals surface area contributed by atoms with E-state index in [9.17, 15) is 9.18 Å². The Labute approximate surface area is 248 Å².